The molecule has 2 aromatic carbocycles. The zero-order valence-corrected chi connectivity index (χ0v) is 13.2. The molecule has 1 aliphatic carbocycles. The van der Waals surface area contributed by atoms with Gasteiger partial charge in [-0.15, -0.1) is 0 Å². The van der Waals surface area contributed by atoms with Crippen molar-refractivity contribution in [1.29, 1.82) is 0 Å². The Hall–Kier alpha value is -2.52. The highest BCUT2D eigenvalue weighted by Crippen LogP contribution is 2.34. The SMILES string of the molecule is COc1cccc2cc(C=C3Cc4c(Cl)cccc4C3=O)oc12. The van der Waals surface area contributed by atoms with Gasteiger partial charge in [0.05, 0.1) is 7.11 Å². The van der Waals surface area contributed by atoms with E-state index in [0.717, 1.165) is 10.9 Å². The summed E-state index contributed by atoms with van der Waals surface area (Å²) in [6.07, 6.45) is 2.32. The third-order valence-electron chi connectivity index (χ3n) is 4.09. The number of ether oxygens (including phenoxy) is 1. The molecule has 23 heavy (non-hydrogen) atoms. The van der Waals surface area contributed by atoms with Gasteiger partial charge in [-0.3, -0.25) is 4.79 Å². The number of benzene rings is 2. The molecule has 4 heteroatoms. The lowest BCUT2D eigenvalue weighted by atomic mass is 10.1. The summed E-state index contributed by atoms with van der Waals surface area (Å²) in [5.41, 5.74) is 2.94. The maximum atomic E-state index is 12.5. The Balaban J connectivity index is 1.78. The van der Waals surface area contributed by atoms with Gasteiger partial charge in [0.25, 0.3) is 0 Å². The minimum Gasteiger partial charge on any atom is -0.493 e. The predicted molar refractivity (Wildman–Crippen MR) is 90.2 cm³/mol. The molecule has 3 nitrogen and oxygen atoms in total. The van der Waals surface area contributed by atoms with Crippen LogP contribution in [0.4, 0.5) is 0 Å². The second kappa shape index (κ2) is 5.28. The number of rotatable bonds is 2. The molecule has 4 rings (SSSR count). The summed E-state index contributed by atoms with van der Waals surface area (Å²) in [6.45, 7) is 0. The molecule has 0 amide bonds. The van der Waals surface area contributed by atoms with Crippen molar-refractivity contribution in [2.75, 3.05) is 7.11 Å². The van der Waals surface area contributed by atoms with Crippen LogP contribution >= 0.6 is 11.6 Å². The molecule has 114 valence electrons. The summed E-state index contributed by atoms with van der Waals surface area (Å²) >= 11 is 6.19. The molecule has 0 unspecified atom stereocenters. The van der Waals surface area contributed by atoms with Gasteiger partial charge in [0.15, 0.2) is 17.1 Å². The summed E-state index contributed by atoms with van der Waals surface area (Å²) in [4.78, 5) is 12.5. The molecule has 3 aromatic rings. The van der Waals surface area contributed by atoms with Crippen LogP contribution in [0.5, 0.6) is 5.75 Å². The fraction of sp³-hybridized carbons (Fsp3) is 0.105. The van der Waals surface area contributed by atoms with E-state index in [4.69, 9.17) is 20.8 Å². The molecule has 0 N–H and O–H groups in total. The number of allylic oxidation sites excluding steroid dienone is 1. The zero-order valence-electron chi connectivity index (χ0n) is 12.4. The first kappa shape index (κ1) is 14.1. The van der Waals surface area contributed by atoms with Crippen molar-refractivity contribution in [1.82, 2.24) is 0 Å². The Morgan fingerprint density at radius 3 is 2.83 bits per heavy atom. The first-order valence-corrected chi connectivity index (χ1v) is 7.64. The quantitative estimate of drug-likeness (QED) is 0.628. The van der Waals surface area contributed by atoms with E-state index in [9.17, 15) is 4.79 Å². The van der Waals surface area contributed by atoms with E-state index in [1.807, 2.05) is 36.4 Å². The maximum Gasteiger partial charge on any atom is 0.189 e. The fourth-order valence-electron chi connectivity index (χ4n) is 2.97. The Morgan fingerprint density at radius 1 is 1.22 bits per heavy atom. The van der Waals surface area contributed by atoms with Crippen LogP contribution in [-0.2, 0) is 6.42 Å². The van der Waals surface area contributed by atoms with Gasteiger partial charge in [-0.05, 0) is 29.8 Å². The Morgan fingerprint density at radius 2 is 2.04 bits per heavy atom. The van der Waals surface area contributed by atoms with Crippen LogP contribution < -0.4 is 4.74 Å². The molecule has 0 bridgehead atoms. The van der Waals surface area contributed by atoms with E-state index in [1.54, 1.807) is 19.3 Å². The van der Waals surface area contributed by atoms with Crippen molar-refractivity contribution in [2.24, 2.45) is 0 Å². The van der Waals surface area contributed by atoms with Crippen molar-refractivity contribution in [3.8, 4) is 5.75 Å². The fourth-order valence-corrected chi connectivity index (χ4v) is 3.21. The molecular weight excluding hydrogens is 312 g/mol. The summed E-state index contributed by atoms with van der Waals surface area (Å²) in [5.74, 6) is 1.32. The van der Waals surface area contributed by atoms with Gasteiger partial charge in [-0.1, -0.05) is 35.9 Å². The topological polar surface area (TPSA) is 39.4 Å². The molecule has 1 aromatic heterocycles. The van der Waals surface area contributed by atoms with Gasteiger partial charge in [0.1, 0.15) is 5.76 Å². The third kappa shape index (κ3) is 2.25. The summed E-state index contributed by atoms with van der Waals surface area (Å²) in [5, 5.41) is 1.57. The van der Waals surface area contributed by atoms with Gasteiger partial charge >= 0.3 is 0 Å². The van der Waals surface area contributed by atoms with Crippen LogP contribution in [0.25, 0.3) is 17.0 Å². The maximum absolute atomic E-state index is 12.5. The lowest BCUT2D eigenvalue weighted by molar-refractivity contribution is 0.104. The van der Waals surface area contributed by atoms with Crippen LogP contribution in [0.1, 0.15) is 21.7 Å². The van der Waals surface area contributed by atoms with Crippen LogP contribution in [0.2, 0.25) is 5.02 Å². The number of ketones is 1. The number of carbonyl (C=O) groups excluding carboxylic acids is 1. The number of fused-ring (bicyclic) bond motifs is 2. The lowest BCUT2D eigenvalue weighted by Crippen LogP contribution is -1.94. The van der Waals surface area contributed by atoms with Gasteiger partial charge < -0.3 is 9.15 Å². The number of halogens is 1. The van der Waals surface area contributed by atoms with Crippen molar-refractivity contribution >= 4 is 34.4 Å². The molecule has 0 fully saturated rings. The molecule has 0 radical (unpaired) electrons. The molecule has 0 saturated heterocycles. The predicted octanol–water partition coefficient (Wildman–Crippen LogP) is 4.92. The highest BCUT2D eigenvalue weighted by molar-refractivity contribution is 6.33. The Bertz CT molecular complexity index is 966. The van der Waals surface area contributed by atoms with Gasteiger partial charge in [0, 0.05) is 28.0 Å². The average Bonchev–Trinajstić information content (AvgIpc) is 3.10. The number of hydrogen-bond acceptors (Lipinski definition) is 3. The van der Waals surface area contributed by atoms with Crippen molar-refractivity contribution < 1.29 is 13.9 Å². The van der Waals surface area contributed by atoms with Gasteiger partial charge in [0.2, 0.25) is 0 Å². The van der Waals surface area contributed by atoms with Gasteiger partial charge in [-0.2, -0.15) is 0 Å². The Labute approximate surface area is 138 Å². The number of Topliss-reactive ketones (excluding diaryl/α,β-unsaturated/α-hetero) is 1. The number of hydrogen-bond donors (Lipinski definition) is 0. The highest BCUT2D eigenvalue weighted by Gasteiger charge is 2.26. The summed E-state index contributed by atoms with van der Waals surface area (Å²) in [7, 11) is 1.61. The van der Waals surface area contributed by atoms with Crippen molar-refractivity contribution in [3.05, 3.63) is 69.9 Å². The minimum absolute atomic E-state index is 0.00919. The first-order valence-electron chi connectivity index (χ1n) is 7.26. The molecule has 1 aliphatic rings. The number of carbonyl (C=O) groups is 1. The molecular formula is C19H13ClO3. The largest absolute Gasteiger partial charge is 0.493 e. The number of furan rings is 1. The van der Waals surface area contributed by atoms with E-state index < -0.39 is 0 Å². The smallest absolute Gasteiger partial charge is 0.189 e. The second-order valence-electron chi connectivity index (χ2n) is 5.47. The average molecular weight is 325 g/mol. The van der Waals surface area contributed by atoms with E-state index >= 15 is 0 Å². The monoisotopic (exact) mass is 324 g/mol. The summed E-state index contributed by atoms with van der Waals surface area (Å²) in [6, 6.07) is 13.0. The van der Waals surface area contributed by atoms with Crippen LogP contribution in [0, 0.1) is 0 Å². The zero-order chi connectivity index (χ0) is 16.0. The van der Waals surface area contributed by atoms with Crippen LogP contribution in [-0.4, -0.2) is 12.9 Å². The Kier molecular flexibility index (Phi) is 3.24. The highest BCUT2D eigenvalue weighted by atomic mass is 35.5. The van der Waals surface area contributed by atoms with Gasteiger partial charge in [-0.25, -0.2) is 0 Å². The normalized spacial score (nSPS) is 15.4. The third-order valence-corrected chi connectivity index (χ3v) is 4.44. The lowest BCUT2D eigenvalue weighted by Gasteiger charge is -1.98. The molecule has 0 atom stereocenters. The standard InChI is InChI=1S/C19H13ClO3/c1-22-17-7-2-4-11-8-13(23-19(11)17)9-12-10-15-14(18(12)21)5-3-6-16(15)20/h2-9H,10H2,1H3. The minimum atomic E-state index is 0.00919. The van der Waals surface area contributed by atoms with Crippen molar-refractivity contribution in [3.63, 3.8) is 0 Å². The first-order chi connectivity index (χ1) is 11.2. The second-order valence-corrected chi connectivity index (χ2v) is 5.88. The number of para-hydroxylation sites is 1. The molecule has 1 heterocycles. The molecule has 0 saturated carbocycles. The van der Waals surface area contributed by atoms with E-state index in [1.165, 1.54) is 0 Å². The van der Waals surface area contributed by atoms with E-state index in [-0.39, 0.29) is 5.78 Å². The van der Waals surface area contributed by atoms with Crippen LogP contribution in [0.15, 0.2) is 52.5 Å². The number of methoxy groups -OCH3 is 1. The molecule has 0 aliphatic heterocycles. The van der Waals surface area contributed by atoms with E-state index in [2.05, 4.69) is 0 Å². The van der Waals surface area contributed by atoms with Crippen molar-refractivity contribution in [2.45, 2.75) is 6.42 Å². The van der Waals surface area contributed by atoms with E-state index in [0.29, 0.717) is 39.7 Å². The molecule has 0 spiro atoms. The summed E-state index contributed by atoms with van der Waals surface area (Å²) < 4.78 is 11.1. The van der Waals surface area contributed by atoms with Crippen LogP contribution in [0.3, 0.4) is 0 Å².